The topological polar surface area (TPSA) is 77.5 Å². The van der Waals surface area contributed by atoms with Gasteiger partial charge in [-0.25, -0.2) is 9.78 Å². The van der Waals surface area contributed by atoms with Crippen molar-refractivity contribution in [2.24, 2.45) is 0 Å². The van der Waals surface area contributed by atoms with Crippen LogP contribution in [0.5, 0.6) is 5.75 Å². The number of alkyl carbamates (subject to hydrolysis) is 1. The summed E-state index contributed by atoms with van der Waals surface area (Å²) in [7, 11) is 0. The highest BCUT2D eigenvalue weighted by Gasteiger charge is 2.09. The molecule has 0 saturated heterocycles. The lowest BCUT2D eigenvalue weighted by atomic mass is 10.2. The minimum Gasteiger partial charge on any atom is -0.484 e. The predicted molar refractivity (Wildman–Crippen MR) is 82.9 cm³/mol. The fourth-order valence-corrected chi connectivity index (χ4v) is 2.45. The van der Waals surface area contributed by atoms with Crippen LogP contribution in [0.1, 0.15) is 12.6 Å². The quantitative estimate of drug-likeness (QED) is 0.916. The number of amides is 2. The second kappa shape index (κ2) is 7.56. The summed E-state index contributed by atoms with van der Waals surface area (Å²) in [6.45, 7) is 3.55. The number of imide groups is 1. The normalized spacial score (nSPS) is 10.1. The van der Waals surface area contributed by atoms with E-state index in [0.29, 0.717) is 5.75 Å². The second-order valence-electron chi connectivity index (χ2n) is 4.38. The molecule has 6 nitrogen and oxygen atoms in total. The fourth-order valence-electron chi connectivity index (χ4n) is 1.65. The number of aryl methyl sites for hydroxylation is 1. The lowest BCUT2D eigenvalue weighted by Crippen LogP contribution is -2.34. The summed E-state index contributed by atoms with van der Waals surface area (Å²) in [5, 5.41) is 4.98. The number of nitrogens with one attached hydrogen (secondary N) is 1. The van der Waals surface area contributed by atoms with Gasteiger partial charge in [0.1, 0.15) is 10.8 Å². The number of benzene rings is 1. The molecule has 0 aliphatic carbocycles. The van der Waals surface area contributed by atoms with Crippen LogP contribution in [0.25, 0.3) is 10.6 Å². The third-order valence-corrected chi connectivity index (χ3v) is 3.62. The summed E-state index contributed by atoms with van der Waals surface area (Å²) >= 11 is 1.57. The van der Waals surface area contributed by atoms with Gasteiger partial charge in [-0.05, 0) is 38.1 Å². The van der Waals surface area contributed by atoms with Crippen molar-refractivity contribution < 1.29 is 19.1 Å². The predicted octanol–water partition coefficient (Wildman–Crippen LogP) is 2.77. The molecule has 0 unspecified atom stereocenters. The summed E-state index contributed by atoms with van der Waals surface area (Å²) in [5.41, 5.74) is 1.97. The number of ether oxygens (including phenoxy) is 2. The molecule has 1 heterocycles. The van der Waals surface area contributed by atoms with Gasteiger partial charge in [-0.1, -0.05) is 0 Å². The zero-order chi connectivity index (χ0) is 15.9. The standard InChI is InChI=1S/C15H16N2O4S/c1-3-20-15(19)17-13(18)8-21-12-6-4-11(5-7-12)14-16-10(2)9-22-14/h4-7,9H,3,8H2,1-2H3,(H,17,18,19). The number of hydrogen-bond donors (Lipinski definition) is 1. The maximum atomic E-state index is 11.4. The van der Waals surface area contributed by atoms with Crippen molar-refractivity contribution in [3.05, 3.63) is 35.3 Å². The molecule has 2 amide bonds. The Morgan fingerprint density at radius 3 is 2.59 bits per heavy atom. The zero-order valence-corrected chi connectivity index (χ0v) is 13.1. The molecule has 0 aliphatic heterocycles. The molecule has 0 radical (unpaired) electrons. The SMILES string of the molecule is CCOC(=O)NC(=O)COc1ccc(-c2nc(C)cs2)cc1. The van der Waals surface area contributed by atoms with Gasteiger partial charge in [0.05, 0.1) is 6.61 Å². The van der Waals surface area contributed by atoms with Crippen molar-refractivity contribution in [2.75, 3.05) is 13.2 Å². The summed E-state index contributed by atoms with van der Waals surface area (Å²) < 4.78 is 9.91. The average Bonchev–Trinajstić information content (AvgIpc) is 2.92. The van der Waals surface area contributed by atoms with Gasteiger partial charge in [0.15, 0.2) is 6.61 Å². The molecule has 2 rings (SSSR count). The molecular formula is C15H16N2O4S. The van der Waals surface area contributed by atoms with E-state index in [4.69, 9.17) is 4.74 Å². The number of carbonyl (C=O) groups is 2. The minimum atomic E-state index is -0.773. The average molecular weight is 320 g/mol. The molecular weight excluding hydrogens is 304 g/mol. The van der Waals surface area contributed by atoms with E-state index in [1.165, 1.54) is 0 Å². The summed E-state index contributed by atoms with van der Waals surface area (Å²) in [6.07, 6.45) is -0.773. The van der Waals surface area contributed by atoms with E-state index in [9.17, 15) is 9.59 Å². The van der Waals surface area contributed by atoms with Crippen molar-refractivity contribution in [3.8, 4) is 16.3 Å². The Morgan fingerprint density at radius 1 is 1.27 bits per heavy atom. The van der Waals surface area contributed by atoms with Crippen LogP contribution in [-0.4, -0.2) is 30.2 Å². The van der Waals surface area contributed by atoms with E-state index in [1.54, 1.807) is 30.4 Å². The van der Waals surface area contributed by atoms with Crippen molar-refractivity contribution >= 4 is 23.3 Å². The fraction of sp³-hybridized carbons (Fsp3) is 0.267. The van der Waals surface area contributed by atoms with Crippen LogP contribution >= 0.6 is 11.3 Å². The van der Waals surface area contributed by atoms with Crippen LogP contribution in [-0.2, 0) is 9.53 Å². The Kier molecular flexibility index (Phi) is 5.48. The lowest BCUT2D eigenvalue weighted by Gasteiger charge is -2.07. The molecule has 0 saturated carbocycles. The van der Waals surface area contributed by atoms with Crippen molar-refractivity contribution in [1.82, 2.24) is 10.3 Å². The van der Waals surface area contributed by atoms with Crippen LogP contribution in [0.3, 0.4) is 0 Å². The van der Waals surface area contributed by atoms with E-state index in [-0.39, 0.29) is 13.2 Å². The van der Waals surface area contributed by atoms with Gasteiger partial charge < -0.3 is 9.47 Å². The smallest absolute Gasteiger partial charge is 0.413 e. The number of thiazole rings is 1. The number of hydrogen-bond acceptors (Lipinski definition) is 6. The van der Waals surface area contributed by atoms with E-state index < -0.39 is 12.0 Å². The molecule has 0 atom stereocenters. The molecule has 1 aromatic carbocycles. The van der Waals surface area contributed by atoms with Gasteiger partial charge in [0.2, 0.25) is 0 Å². The van der Waals surface area contributed by atoms with E-state index in [2.05, 4.69) is 15.0 Å². The molecule has 116 valence electrons. The Labute approximate surface area is 132 Å². The van der Waals surface area contributed by atoms with Crippen LogP contribution in [0, 0.1) is 6.92 Å². The maximum absolute atomic E-state index is 11.4. The molecule has 22 heavy (non-hydrogen) atoms. The largest absolute Gasteiger partial charge is 0.484 e. The molecule has 0 aliphatic rings. The van der Waals surface area contributed by atoms with Gasteiger partial charge in [0.25, 0.3) is 5.91 Å². The van der Waals surface area contributed by atoms with Crippen LogP contribution < -0.4 is 10.1 Å². The molecule has 7 heteroatoms. The van der Waals surface area contributed by atoms with Crippen molar-refractivity contribution in [3.63, 3.8) is 0 Å². The molecule has 1 N–H and O–H groups in total. The van der Waals surface area contributed by atoms with Gasteiger partial charge in [-0.3, -0.25) is 10.1 Å². The first kappa shape index (κ1) is 16.0. The molecule has 0 fully saturated rings. The van der Waals surface area contributed by atoms with E-state index >= 15 is 0 Å². The lowest BCUT2D eigenvalue weighted by molar-refractivity contribution is -0.122. The van der Waals surface area contributed by atoms with Gasteiger partial charge >= 0.3 is 6.09 Å². The Hall–Kier alpha value is -2.41. The number of aromatic nitrogens is 1. The molecule has 0 spiro atoms. The van der Waals surface area contributed by atoms with Crippen molar-refractivity contribution in [1.29, 1.82) is 0 Å². The summed E-state index contributed by atoms with van der Waals surface area (Å²) in [5.74, 6) is -0.0193. The van der Waals surface area contributed by atoms with Crippen LogP contribution in [0.2, 0.25) is 0 Å². The zero-order valence-electron chi connectivity index (χ0n) is 12.3. The maximum Gasteiger partial charge on any atom is 0.413 e. The van der Waals surface area contributed by atoms with Crippen LogP contribution in [0.15, 0.2) is 29.6 Å². The Bertz CT molecular complexity index is 652. The Balaban J connectivity index is 1.86. The van der Waals surface area contributed by atoms with Gasteiger partial charge in [-0.15, -0.1) is 11.3 Å². The summed E-state index contributed by atoms with van der Waals surface area (Å²) in [4.78, 5) is 26.9. The highest BCUT2D eigenvalue weighted by atomic mass is 32.1. The third-order valence-electron chi connectivity index (χ3n) is 2.61. The highest BCUT2D eigenvalue weighted by Crippen LogP contribution is 2.25. The number of carbonyl (C=O) groups excluding carboxylic acids is 2. The van der Waals surface area contributed by atoms with Crippen molar-refractivity contribution in [2.45, 2.75) is 13.8 Å². The van der Waals surface area contributed by atoms with Gasteiger partial charge in [0, 0.05) is 16.6 Å². The first-order chi connectivity index (χ1) is 10.6. The first-order valence-corrected chi connectivity index (χ1v) is 7.58. The summed E-state index contributed by atoms with van der Waals surface area (Å²) in [6, 6.07) is 7.25. The minimum absolute atomic E-state index is 0.206. The first-order valence-electron chi connectivity index (χ1n) is 6.70. The third kappa shape index (κ3) is 4.56. The van der Waals surface area contributed by atoms with Gasteiger partial charge in [-0.2, -0.15) is 0 Å². The number of rotatable bonds is 5. The molecule has 1 aromatic heterocycles. The van der Waals surface area contributed by atoms with E-state index in [0.717, 1.165) is 16.3 Å². The Morgan fingerprint density at radius 2 is 2.00 bits per heavy atom. The number of nitrogens with zero attached hydrogens (tertiary/aromatic N) is 1. The highest BCUT2D eigenvalue weighted by molar-refractivity contribution is 7.13. The second-order valence-corrected chi connectivity index (χ2v) is 5.23. The molecule has 0 bridgehead atoms. The monoisotopic (exact) mass is 320 g/mol. The van der Waals surface area contributed by atoms with Crippen LogP contribution in [0.4, 0.5) is 4.79 Å². The molecule has 2 aromatic rings. The van der Waals surface area contributed by atoms with E-state index in [1.807, 2.05) is 24.4 Å².